The summed E-state index contributed by atoms with van der Waals surface area (Å²) in [5.41, 5.74) is 41.0. The number of aromatic nitrogens is 2. The van der Waals surface area contributed by atoms with Crippen LogP contribution in [0, 0.1) is 0 Å². The molecule has 0 aliphatic carbocycles. The molecule has 0 bridgehead atoms. The molecule has 4 heteroatoms. The Kier molecular flexibility index (Phi) is 20.6. The van der Waals surface area contributed by atoms with E-state index in [9.17, 15) is 0 Å². The number of anilines is 6. The van der Waals surface area contributed by atoms with Gasteiger partial charge in [0.2, 0.25) is 0 Å². The Bertz CT molecular complexity index is 8440. The lowest BCUT2D eigenvalue weighted by Crippen LogP contribution is -2.12. The first-order valence-corrected chi connectivity index (χ1v) is 46.1. The summed E-state index contributed by atoms with van der Waals surface area (Å²) in [7, 11) is 0. The van der Waals surface area contributed by atoms with Crippen molar-refractivity contribution in [2.45, 2.75) is 0 Å². The molecule has 24 aromatic rings. The highest BCUT2D eigenvalue weighted by Crippen LogP contribution is 2.51. The average Bonchev–Trinajstić information content (AvgIpc) is 1.57. The topological polar surface area (TPSA) is 16.3 Å². The van der Waals surface area contributed by atoms with Crippen LogP contribution >= 0.6 is 0 Å². The lowest BCUT2D eigenvalue weighted by Gasteiger charge is -2.30. The number of nitrogens with zero attached hydrogens (tertiary/aromatic N) is 4. The van der Waals surface area contributed by atoms with E-state index in [0.29, 0.717) is 0 Å². The van der Waals surface area contributed by atoms with E-state index in [4.69, 9.17) is 0 Å². The highest BCUT2D eigenvalue weighted by atomic mass is 15.2. The summed E-state index contributed by atoms with van der Waals surface area (Å²) in [5.74, 6) is 0. The van der Waals surface area contributed by atoms with Crippen LogP contribution in [0.15, 0.2) is 534 Å². The second-order valence-electron chi connectivity index (χ2n) is 34.6. The molecule has 0 unspecified atom stereocenters. The zero-order chi connectivity index (χ0) is 88.8. The van der Waals surface area contributed by atoms with Gasteiger partial charge in [0.1, 0.15) is 0 Å². The van der Waals surface area contributed by atoms with Crippen LogP contribution in [-0.2, 0) is 0 Å². The molecule has 2 aromatic heterocycles. The van der Waals surface area contributed by atoms with E-state index in [1.807, 2.05) is 0 Å². The third kappa shape index (κ3) is 14.8. The summed E-state index contributed by atoms with van der Waals surface area (Å²) in [6, 6.07) is 196. The van der Waals surface area contributed by atoms with E-state index in [0.717, 1.165) is 151 Å². The van der Waals surface area contributed by atoms with E-state index >= 15 is 0 Å². The highest BCUT2D eigenvalue weighted by molar-refractivity contribution is 6.18. The predicted molar refractivity (Wildman–Crippen MR) is 567 cm³/mol. The minimum absolute atomic E-state index is 1.05. The zero-order valence-corrected chi connectivity index (χ0v) is 73.6. The molecule has 0 saturated carbocycles. The van der Waals surface area contributed by atoms with Crippen LogP contribution < -0.4 is 9.80 Å². The minimum atomic E-state index is 1.05. The van der Waals surface area contributed by atoms with Gasteiger partial charge in [-0.1, -0.05) is 394 Å². The Balaban J connectivity index is 0.539. The third-order valence-corrected chi connectivity index (χ3v) is 26.7. The first-order valence-electron chi connectivity index (χ1n) is 46.1. The van der Waals surface area contributed by atoms with Gasteiger partial charge in [0.25, 0.3) is 0 Å². The average molecular weight is 1710 g/mol. The van der Waals surface area contributed by atoms with E-state index in [1.54, 1.807) is 0 Å². The molecule has 0 radical (unpaired) electrons. The van der Waals surface area contributed by atoms with Crippen molar-refractivity contribution in [2.75, 3.05) is 9.80 Å². The van der Waals surface area contributed by atoms with E-state index in [2.05, 4.69) is 553 Å². The maximum atomic E-state index is 2.46. The molecule has 628 valence electrons. The zero-order valence-electron chi connectivity index (χ0n) is 73.6. The number of para-hydroxylation sites is 7. The molecule has 0 amide bonds. The fourth-order valence-electron chi connectivity index (χ4n) is 20.4. The van der Waals surface area contributed by atoms with Crippen molar-refractivity contribution in [2.24, 2.45) is 0 Å². The molecular formula is C130H88N4. The molecular weight excluding hydrogens is 1620 g/mol. The van der Waals surface area contributed by atoms with Crippen LogP contribution in [-0.4, -0.2) is 9.13 Å². The van der Waals surface area contributed by atoms with Gasteiger partial charge < -0.3 is 18.9 Å². The van der Waals surface area contributed by atoms with Crippen LogP contribution in [0.4, 0.5) is 34.1 Å². The maximum Gasteiger partial charge on any atom is 0.0547 e. The van der Waals surface area contributed by atoms with E-state index in [1.165, 1.54) is 82.3 Å². The van der Waals surface area contributed by atoms with Gasteiger partial charge in [-0.25, -0.2) is 0 Å². The molecule has 0 N–H and O–H groups in total. The number of hydrogen-bond acceptors (Lipinski definition) is 2. The van der Waals surface area contributed by atoms with Gasteiger partial charge in [-0.05, 0) is 262 Å². The Morgan fingerprint density at radius 3 is 0.813 bits per heavy atom. The van der Waals surface area contributed by atoms with Crippen molar-refractivity contribution in [3.63, 3.8) is 0 Å². The summed E-state index contributed by atoms with van der Waals surface area (Å²) in [4.78, 5) is 4.91. The summed E-state index contributed by atoms with van der Waals surface area (Å²) < 4.78 is 4.85. The molecule has 0 spiro atoms. The van der Waals surface area contributed by atoms with Gasteiger partial charge in [0.15, 0.2) is 0 Å². The standard InChI is InChI=1S/C130H88N4/c1-6-34-89(35-7-1)103-85-104(90-36-8-2-9-37-90)87-105(86-103)93-72-78-109(79-73-93)132(122-59-25-19-51-113(122)96-40-12-4-13-41-96)124-61-27-21-53-115(124)100-44-31-46-102(83-100)117-57-33-65-128-130(117)119-55-23-29-63-126(119)134(128)110-80-74-94(75-81-110)106-84-98-42-16-17-49-111(98)120(88-106)97-68-66-91(67-69-97)92-70-76-108(77-71-92)131(121-58-24-18-50-112(121)95-38-10-3-11-39-95)123-60-26-20-52-114(123)99-43-30-45-101(82-99)116-56-32-64-127-129(116)118-54-22-28-62-125(118)133(127)107-47-14-5-15-48-107/h1-88H. The molecule has 4 nitrogen and oxygen atoms in total. The highest BCUT2D eigenvalue weighted by Gasteiger charge is 2.27. The summed E-state index contributed by atoms with van der Waals surface area (Å²) >= 11 is 0. The molecule has 0 fully saturated rings. The second-order valence-corrected chi connectivity index (χ2v) is 34.6. The van der Waals surface area contributed by atoms with Crippen LogP contribution in [0.5, 0.6) is 0 Å². The monoisotopic (exact) mass is 1700 g/mol. The largest absolute Gasteiger partial charge is 0.309 e. The molecule has 0 aliphatic heterocycles. The number of hydrogen-bond donors (Lipinski definition) is 0. The molecule has 0 atom stereocenters. The molecule has 134 heavy (non-hydrogen) atoms. The Hall–Kier alpha value is -17.7. The van der Waals surface area contributed by atoms with Crippen LogP contribution in [0.2, 0.25) is 0 Å². The van der Waals surface area contributed by atoms with Crippen molar-refractivity contribution < 1.29 is 0 Å². The second kappa shape index (κ2) is 34.7. The Labute approximate surface area is 780 Å². The fraction of sp³-hybridized carbons (Fsp3) is 0. The van der Waals surface area contributed by atoms with Gasteiger partial charge in [-0.3, -0.25) is 0 Å². The van der Waals surface area contributed by atoms with Crippen molar-refractivity contribution in [1.82, 2.24) is 9.13 Å². The van der Waals surface area contributed by atoms with Crippen molar-refractivity contribution in [3.05, 3.63) is 534 Å². The molecule has 24 rings (SSSR count). The quantitative estimate of drug-likeness (QED) is 0.0756. The van der Waals surface area contributed by atoms with Crippen LogP contribution in [0.25, 0.3) is 199 Å². The lowest BCUT2D eigenvalue weighted by molar-refractivity contribution is 1.18. The third-order valence-electron chi connectivity index (χ3n) is 26.7. The molecule has 22 aromatic carbocycles. The summed E-state index contributed by atoms with van der Waals surface area (Å²) in [6.45, 7) is 0. The van der Waals surface area contributed by atoms with Gasteiger partial charge in [0, 0.05) is 66.5 Å². The van der Waals surface area contributed by atoms with Gasteiger partial charge in [-0.15, -0.1) is 0 Å². The van der Waals surface area contributed by atoms with Crippen LogP contribution in [0.3, 0.4) is 0 Å². The molecule has 0 aliphatic rings. The smallest absolute Gasteiger partial charge is 0.0547 e. The maximum absolute atomic E-state index is 2.46. The number of fused-ring (bicyclic) bond motifs is 7. The van der Waals surface area contributed by atoms with E-state index in [-0.39, 0.29) is 0 Å². The van der Waals surface area contributed by atoms with E-state index < -0.39 is 0 Å². The normalized spacial score (nSPS) is 11.4. The Morgan fingerprint density at radius 1 is 0.134 bits per heavy atom. The Morgan fingerprint density at radius 2 is 0.388 bits per heavy atom. The fourth-order valence-corrected chi connectivity index (χ4v) is 20.4. The van der Waals surface area contributed by atoms with Gasteiger partial charge in [0.05, 0.1) is 44.8 Å². The van der Waals surface area contributed by atoms with Crippen LogP contribution in [0.1, 0.15) is 0 Å². The number of benzene rings is 22. The minimum Gasteiger partial charge on any atom is -0.309 e. The lowest BCUT2D eigenvalue weighted by atomic mass is 9.92. The SMILES string of the molecule is c1ccc(-c2cc(-c3ccccc3)cc(-c3ccc(N(c4ccccc4-c4ccccc4)c4ccccc4-c4cccc(-c5cccc6c5c5ccccc5n6-c5ccc(-c6cc(-c7ccc(-c8ccc(N(c9ccccc9-c9ccccc9)c9ccccc9-c9cccc(-c%10cccc%11c%10c%10ccccc%10n%11-c%10ccccc%10)c9)cc8)cc7)c7ccccc7c6)cc5)c4)cc3)c2)cc1. The van der Waals surface area contributed by atoms with Gasteiger partial charge >= 0.3 is 0 Å². The van der Waals surface area contributed by atoms with Crippen molar-refractivity contribution in [3.8, 4) is 145 Å². The molecule has 0 saturated heterocycles. The summed E-state index contributed by atoms with van der Waals surface area (Å²) in [5, 5.41) is 7.27. The molecule has 2 heterocycles. The predicted octanol–water partition coefficient (Wildman–Crippen LogP) is 36.0. The number of rotatable bonds is 20. The van der Waals surface area contributed by atoms with Crippen molar-refractivity contribution >= 4 is 88.5 Å². The van der Waals surface area contributed by atoms with Gasteiger partial charge in [-0.2, -0.15) is 0 Å². The summed E-state index contributed by atoms with van der Waals surface area (Å²) in [6.07, 6.45) is 0. The first-order chi connectivity index (χ1) is 66.5. The first kappa shape index (κ1) is 79.7. The van der Waals surface area contributed by atoms with Crippen molar-refractivity contribution in [1.29, 1.82) is 0 Å².